The fourth-order valence-corrected chi connectivity index (χ4v) is 1.84. The molecule has 0 amide bonds. The van der Waals surface area contributed by atoms with Crippen molar-refractivity contribution in [1.29, 1.82) is 0 Å². The summed E-state index contributed by atoms with van der Waals surface area (Å²) in [5.41, 5.74) is 3.21. The van der Waals surface area contributed by atoms with E-state index < -0.39 is 0 Å². The van der Waals surface area contributed by atoms with Gasteiger partial charge in [0.05, 0.1) is 0 Å². The molecule has 0 aromatic heterocycles. The zero-order valence-electron chi connectivity index (χ0n) is 10.0. The molecule has 0 aliphatic heterocycles. The number of para-hydroxylation sites is 1. The maximum Gasteiger partial charge on any atom is 0.126 e. The lowest BCUT2D eigenvalue weighted by Crippen LogP contribution is -1.92. The van der Waals surface area contributed by atoms with Crippen LogP contribution in [0.4, 0.5) is 0 Å². The molecule has 0 atom stereocenters. The third-order valence-corrected chi connectivity index (χ3v) is 2.76. The van der Waals surface area contributed by atoms with Crippen LogP contribution >= 0.6 is 0 Å². The number of phenolic OH excluding ortho intramolecular Hbond substituents is 1. The Hall–Kier alpha value is -1.24. The lowest BCUT2D eigenvalue weighted by molar-refractivity contribution is 0.463. The van der Waals surface area contributed by atoms with E-state index in [-0.39, 0.29) is 0 Å². The first-order chi connectivity index (χ1) is 7.11. The van der Waals surface area contributed by atoms with Crippen LogP contribution < -0.4 is 0 Å². The Labute approximate surface area is 92.5 Å². The van der Waals surface area contributed by atoms with Crippen molar-refractivity contribution < 1.29 is 5.11 Å². The molecule has 1 nitrogen and oxygen atoms in total. The van der Waals surface area contributed by atoms with Crippen molar-refractivity contribution >= 4 is 5.57 Å². The van der Waals surface area contributed by atoms with Crippen LogP contribution in [0.15, 0.2) is 24.3 Å². The highest BCUT2D eigenvalue weighted by atomic mass is 16.3. The minimum atomic E-state index is 0.361. The lowest BCUT2D eigenvalue weighted by Gasteiger charge is -2.13. The molecule has 0 saturated carbocycles. The summed E-state index contributed by atoms with van der Waals surface area (Å²) in [6.07, 6.45) is 3.02. The van der Waals surface area contributed by atoms with Gasteiger partial charge in [0.2, 0.25) is 0 Å². The third kappa shape index (κ3) is 2.41. The maximum absolute atomic E-state index is 10.2. The van der Waals surface area contributed by atoms with Crippen LogP contribution in [-0.4, -0.2) is 5.11 Å². The van der Waals surface area contributed by atoms with Crippen LogP contribution in [-0.2, 0) is 0 Å². The molecule has 0 aliphatic carbocycles. The topological polar surface area (TPSA) is 20.2 Å². The highest BCUT2D eigenvalue weighted by Gasteiger charge is 2.11. The largest absolute Gasteiger partial charge is 0.507 e. The van der Waals surface area contributed by atoms with Crippen LogP contribution in [0, 0.1) is 0 Å². The number of rotatable bonds is 3. The van der Waals surface area contributed by atoms with Crippen LogP contribution in [0.5, 0.6) is 5.75 Å². The van der Waals surface area contributed by atoms with E-state index in [0.29, 0.717) is 11.7 Å². The Morgan fingerprint density at radius 2 is 2.07 bits per heavy atom. The molecule has 1 aromatic carbocycles. The number of allylic oxidation sites excluding steroid dienone is 2. The van der Waals surface area contributed by atoms with Gasteiger partial charge in [0, 0.05) is 5.56 Å². The summed E-state index contributed by atoms with van der Waals surface area (Å²) < 4.78 is 0. The molecule has 1 heteroatoms. The summed E-state index contributed by atoms with van der Waals surface area (Å²) in [6.45, 7) is 8.32. The van der Waals surface area contributed by atoms with Crippen molar-refractivity contribution in [3.63, 3.8) is 0 Å². The first-order valence-electron chi connectivity index (χ1n) is 5.59. The summed E-state index contributed by atoms with van der Waals surface area (Å²) in [5.74, 6) is 0.808. The minimum Gasteiger partial charge on any atom is -0.507 e. The first kappa shape index (κ1) is 11.8. The molecular formula is C14H20O. The van der Waals surface area contributed by atoms with Gasteiger partial charge >= 0.3 is 0 Å². The standard InChI is InChI=1S/C14H20O/c1-5-11(6-2)13-9-7-8-12(10(3)4)14(13)15/h5,7-10,15H,6H2,1-4H3/b11-5+. The average Bonchev–Trinajstić information content (AvgIpc) is 2.21. The van der Waals surface area contributed by atoms with E-state index in [1.165, 1.54) is 5.57 Å². The van der Waals surface area contributed by atoms with E-state index in [4.69, 9.17) is 0 Å². The van der Waals surface area contributed by atoms with Crippen molar-refractivity contribution in [2.24, 2.45) is 0 Å². The summed E-state index contributed by atoms with van der Waals surface area (Å²) in [7, 11) is 0. The van der Waals surface area contributed by atoms with E-state index in [9.17, 15) is 5.11 Å². The Balaban J connectivity index is 3.26. The van der Waals surface area contributed by atoms with Crippen molar-refractivity contribution in [1.82, 2.24) is 0 Å². The predicted octanol–water partition coefficient (Wildman–Crippen LogP) is 4.33. The van der Waals surface area contributed by atoms with Gasteiger partial charge in [-0.2, -0.15) is 0 Å². The summed E-state index contributed by atoms with van der Waals surface area (Å²) in [6, 6.07) is 6.00. The van der Waals surface area contributed by atoms with Gasteiger partial charge in [-0.1, -0.05) is 45.0 Å². The van der Waals surface area contributed by atoms with Crippen molar-refractivity contribution in [3.8, 4) is 5.75 Å². The van der Waals surface area contributed by atoms with Crippen LogP contribution in [0.1, 0.15) is 51.2 Å². The number of aromatic hydroxyl groups is 1. The maximum atomic E-state index is 10.2. The summed E-state index contributed by atoms with van der Waals surface area (Å²) >= 11 is 0. The van der Waals surface area contributed by atoms with Crippen molar-refractivity contribution in [2.45, 2.75) is 40.0 Å². The van der Waals surface area contributed by atoms with Crippen molar-refractivity contribution in [3.05, 3.63) is 35.4 Å². The molecule has 0 heterocycles. The van der Waals surface area contributed by atoms with Crippen LogP contribution in [0.3, 0.4) is 0 Å². The molecular weight excluding hydrogens is 184 g/mol. The van der Waals surface area contributed by atoms with Gasteiger partial charge in [-0.05, 0) is 30.4 Å². The molecule has 0 unspecified atom stereocenters. The molecule has 0 aliphatic rings. The molecule has 1 aromatic rings. The number of hydrogen-bond donors (Lipinski definition) is 1. The van der Waals surface area contributed by atoms with Gasteiger partial charge in [-0.25, -0.2) is 0 Å². The normalized spacial score (nSPS) is 12.2. The molecule has 82 valence electrons. The fourth-order valence-electron chi connectivity index (χ4n) is 1.84. The van der Waals surface area contributed by atoms with Gasteiger partial charge in [0.15, 0.2) is 0 Å². The Kier molecular flexibility index (Phi) is 3.96. The average molecular weight is 204 g/mol. The molecule has 1 N–H and O–H groups in total. The second kappa shape index (κ2) is 5.01. The van der Waals surface area contributed by atoms with E-state index in [1.54, 1.807) is 0 Å². The first-order valence-corrected chi connectivity index (χ1v) is 5.59. The van der Waals surface area contributed by atoms with E-state index >= 15 is 0 Å². The van der Waals surface area contributed by atoms with Gasteiger partial charge in [-0.15, -0.1) is 0 Å². The smallest absolute Gasteiger partial charge is 0.126 e. The fraction of sp³-hybridized carbons (Fsp3) is 0.429. The summed E-state index contributed by atoms with van der Waals surface area (Å²) in [4.78, 5) is 0. The minimum absolute atomic E-state index is 0.361. The van der Waals surface area contributed by atoms with Crippen LogP contribution in [0.2, 0.25) is 0 Å². The second-order valence-corrected chi connectivity index (χ2v) is 4.07. The predicted molar refractivity (Wildman–Crippen MR) is 66.1 cm³/mol. The zero-order valence-corrected chi connectivity index (χ0v) is 10.0. The number of phenols is 1. The third-order valence-electron chi connectivity index (χ3n) is 2.76. The molecule has 15 heavy (non-hydrogen) atoms. The SMILES string of the molecule is C/C=C(\CC)c1cccc(C(C)C)c1O. The lowest BCUT2D eigenvalue weighted by atomic mass is 9.94. The van der Waals surface area contributed by atoms with Gasteiger partial charge < -0.3 is 5.11 Å². The molecule has 0 spiro atoms. The molecule has 0 saturated heterocycles. The van der Waals surface area contributed by atoms with Gasteiger partial charge in [0.1, 0.15) is 5.75 Å². The highest BCUT2D eigenvalue weighted by Crippen LogP contribution is 2.33. The number of benzene rings is 1. The van der Waals surface area contributed by atoms with Gasteiger partial charge in [-0.3, -0.25) is 0 Å². The molecule has 0 bridgehead atoms. The van der Waals surface area contributed by atoms with Crippen LogP contribution in [0.25, 0.3) is 5.57 Å². The van der Waals surface area contributed by atoms with E-state index in [2.05, 4.69) is 26.8 Å². The highest BCUT2D eigenvalue weighted by molar-refractivity contribution is 5.71. The molecule has 0 fully saturated rings. The van der Waals surface area contributed by atoms with Crippen molar-refractivity contribution in [2.75, 3.05) is 0 Å². The Morgan fingerprint density at radius 1 is 1.40 bits per heavy atom. The monoisotopic (exact) mass is 204 g/mol. The quantitative estimate of drug-likeness (QED) is 0.777. The Bertz CT molecular complexity index is 362. The molecule has 1 rings (SSSR count). The van der Waals surface area contributed by atoms with Gasteiger partial charge in [0.25, 0.3) is 0 Å². The second-order valence-electron chi connectivity index (χ2n) is 4.07. The number of hydrogen-bond acceptors (Lipinski definition) is 1. The summed E-state index contributed by atoms with van der Waals surface area (Å²) in [5, 5.41) is 10.2. The van der Waals surface area contributed by atoms with E-state index in [1.807, 2.05) is 25.1 Å². The van der Waals surface area contributed by atoms with E-state index in [0.717, 1.165) is 17.5 Å². The molecule has 0 radical (unpaired) electrons. The zero-order chi connectivity index (χ0) is 11.4. The Morgan fingerprint density at radius 3 is 2.53 bits per heavy atom.